The van der Waals surface area contributed by atoms with E-state index in [1.165, 1.54) is 6.42 Å². The van der Waals surface area contributed by atoms with Crippen molar-refractivity contribution in [2.75, 3.05) is 26.2 Å². The molecule has 0 saturated carbocycles. The van der Waals surface area contributed by atoms with Gasteiger partial charge in [0.15, 0.2) is 0 Å². The first kappa shape index (κ1) is 15.4. The van der Waals surface area contributed by atoms with Gasteiger partial charge in [0.05, 0.1) is 6.04 Å². The van der Waals surface area contributed by atoms with Crippen LogP contribution in [0, 0.1) is 5.92 Å². The van der Waals surface area contributed by atoms with Crippen molar-refractivity contribution in [1.29, 1.82) is 0 Å². The van der Waals surface area contributed by atoms with Gasteiger partial charge in [0.1, 0.15) is 0 Å². The summed E-state index contributed by atoms with van der Waals surface area (Å²) in [6.45, 7) is 12.0. The molecule has 16 heavy (non-hydrogen) atoms. The Bertz CT molecular complexity index is 197. The zero-order valence-electron chi connectivity index (χ0n) is 11.1. The third-order valence-corrected chi connectivity index (χ3v) is 2.95. The largest absolute Gasteiger partial charge is 0.368 e. The zero-order chi connectivity index (χ0) is 12.6. The van der Waals surface area contributed by atoms with Crippen molar-refractivity contribution >= 4 is 5.91 Å². The van der Waals surface area contributed by atoms with Crippen molar-refractivity contribution in [2.24, 2.45) is 11.7 Å². The van der Waals surface area contributed by atoms with Crippen LogP contribution in [0.1, 0.15) is 34.1 Å². The van der Waals surface area contributed by atoms with Gasteiger partial charge in [0, 0.05) is 13.1 Å². The van der Waals surface area contributed by atoms with Crippen molar-refractivity contribution in [3.8, 4) is 0 Å². The summed E-state index contributed by atoms with van der Waals surface area (Å²) in [5.74, 6) is 0.402. The molecule has 0 aliphatic heterocycles. The molecular formula is C12H27N3O. The Morgan fingerprint density at radius 1 is 1.31 bits per heavy atom. The maximum absolute atomic E-state index is 11.2. The Balaban J connectivity index is 4.20. The second kappa shape index (κ2) is 8.53. The molecular weight excluding hydrogens is 202 g/mol. The minimum absolute atomic E-state index is 0.228. The standard InChI is InChI=1S/C12H27N3O/c1-5-10(4)8-15(7-3)9-11(12(13)16)14-6-2/h10-11,14H,5-9H2,1-4H3,(H2,13,16). The SMILES string of the molecule is CCNC(CN(CC)CC(C)CC)C(N)=O. The molecule has 2 unspecified atom stereocenters. The molecule has 4 nitrogen and oxygen atoms in total. The first-order valence-electron chi connectivity index (χ1n) is 6.30. The van der Waals surface area contributed by atoms with Crippen LogP contribution in [-0.2, 0) is 4.79 Å². The van der Waals surface area contributed by atoms with E-state index in [1.807, 2.05) is 6.92 Å². The average Bonchev–Trinajstić information content (AvgIpc) is 2.26. The predicted molar refractivity (Wildman–Crippen MR) is 68.2 cm³/mol. The van der Waals surface area contributed by atoms with E-state index in [9.17, 15) is 4.79 Å². The van der Waals surface area contributed by atoms with Crippen LogP contribution in [0.15, 0.2) is 0 Å². The van der Waals surface area contributed by atoms with Gasteiger partial charge < -0.3 is 16.0 Å². The molecule has 0 spiro atoms. The van der Waals surface area contributed by atoms with Crippen LogP contribution in [-0.4, -0.2) is 43.0 Å². The number of hydrogen-bond donors (Lipinski definition) is 2. The van der Waals surface area contributed by atoms with Crippen molar-refractivity contribution < 1.29 is 4.79 Å². The van der Waals surface area contributed by atoms with E-state index >= 15 is 0 Å². The lowest BCUT2D eigenvalue weighted by Gasteiger charge is -2.27. The van der Waals surface area contributed by atoms with Crippen molar-refractivity contribution in [1.82, 2.24) is 10.2 Å². The lowest BCUT2D eigenvalue weighted by molar-refractivity contribution is -0.120. The molecule has 0 radical (unpaired) electrons. The van der Waals surface area contributed by atoms with Gasteiger partial charge in [-0.2, -0.15) is 0 Å². The van der Waals surface area contributed by atoms with Gasteiger partial charge in [0.25, 0.3) is 0 Å². The number of primary amides is 1. The normalized spacial score (nSPS) is 15.1. The highest BCUT2D eigenvalue weighted by Crippen LogP contribution is 2.04. The van der Waals surface area contributed by atoms with Gasteiger partial charge in [-0.25, -0.2) is 0 Å². The highest BCUT2D eigenvalue weighted by Gasteiger charge is 2.18. The topological polar surface area (TPSA) is 58.4 Å². The Morgan fingerprint density at radius 3 is 2.31 bits per heavy atom. The lowest BCUT2D eigenvalue weighted by atomic mass is 10.1. The van der Waals surface area contributed by atoms with Crippen LogP contribution in [0.3, 0.4) is 0 Å². The summed E-state index contributed by atoms with van der Waals surface area (Å²) < 4.78 is 0. The van der Waals surface area contributed by atoms with Crippen molar-refractivity contribution in [3.63, 3.8) is 0 Å². The van der Waals surface area contributed by atoms with E-state index in [0.29, 0.717) is 12.5 Å². The summed E-state index contributed by atoms with van der Waals surface area (Å²) in [5.41, 5.74) is 5.36. The molecule has 3 N–H and O–H groups in total. The summed E-state index contributed by atoms with van der Waals surface area (Å²) in [7, 11) is 0. The van der Waals surface area contributed by atoms with Crippen LogP contribution in [0.2, 0.25) is 0 Å². The molecule has 0 aliphatic carbocycles. The van der Waals surface area contributed by atoms with E-state index in [2.05, 4.69) is 31.0 Å². The molecule has 1 amide bonds. The molecule has 2 atom stereocenters. The average molecular weight is 229 g/mol. The number of carbonyl (C=O) groups excluding carboxylic acids is 1. The Labute approximate surface area is 99.6 Å². The van der Waals surface area contributed by atoms with E-state index in [0.717, 1.165) is 19.6 Å². The fourth-order valence-electron chi connectivity index (χ4n) is 1.66. The second-order valence-corrected chi connectivity index (χ2v) is 4.38. The van der Waals surface area contributed by atoms with Gasteiger partial charge >= 0.3 is 0 Å². The molecule has 0 aliphatic rings. The van der Waals surface area contributed by atoms with Crippen molar-refractivity contribution in [3.05, 3.63) is 0 Å². The fourth-order valence-corrected chi connectivity index (χ4v) is 1.66. The summed E-state index contributed by atoms with van der Waals surface area (Å²) in [5, 5.41) is 3.12. The maximum Gasteiger partial charge on any atom is 0.235 e. The highest BCUT2D eigenvalue weighted by molar-refractivity contribution is 5.80. The Kier molecular flexibility index (Phi) is 8.21. The summed E-state index contributed by atoms with van der Waals surface area (Å²) in [4.78, 5) is 13.5. The highest BCUT2D eigenvalue weighted by atomic mass is 16.1. The molecule has 96 valence electrons. The van der Waals surface area contributed by atoms with Crippen molar-refractivity contribution in [2.45, 2.75) is 40.2 Å². The third-order valence-electron chi connectivity index (χ3n) is 2.95. The lowest BCUT2D eigenvalue weighted by Crippen LogP contribution is -2.49. The monoisotopic (exact) mass is 229 g/mol. The molecule has 0 fully saturated rings. The molecule has 0 rings (SSSR count). The van der Waals surface area contributed by atoms with E-state index in [1.54, 1.807) is 0 Å². The second-order valence-electron chi connectivity index (χ2n) is 4.38. The van der Waals surface area contributed by atoms with Crippen LogP contribution in [0.5, 0.6) is 0 Å². The number of hydrogen-bond acceptors (Lipinski definition) is 3. The first-order valence-corrected chi connectivity index (χ1v) is 6.30. The molecule has 0 aromatic rings. The van der Waals surface area contributed by atoms with E-state index in [-0.39, 0.29) is 11.9 Å². The number of nitrogens with zero attached hydrogens (tertiary/aromatic N) is 1. The summed E-state index contributed by atoms with van der Waals surface area (Å²) >= 11 is 0. The molecule has 0 aromatic carbocycles. The number of nitrogens with one attached hydrogen (secondary N) is 1. The summed E-state index contributed by atoms with van der Waals surface area (Å²) in [6, 6.07) is -0.228. The van der Waals surface area contributed by atoms with Gasteiger partial charge in [-0.1, -0.05) is 34.1 Å². The Hall–Kier alpha value is -0.610. The third kappa shape index (κ3) is 6.08. The molecule has 4 heteroatoms. The van der Waals surface area contributed by atoms with Gasteiger partial charge in [0.2, 0.25) is 5.91 Å². The van der Waals surface area contributed by atoms with Gasteiger partial charge in [-0.15, -0.1) is 0 Å². The maximum atomic E-state index is 11.2. The van der Waals surface area contributed by atoms with Crippen LogP contribution >= 0.6 is 0 Å². The number of rotatable bonds is 9. The molecule has 0 aromatic heterocycles. The Morgan fingerprint density at radius 2 is 1.94 bits per heavy atom. The number of likely N-dealkylation sites (N-methyl/N-ethyl adjacent to an activating group) is 2. The van der Waals surface area contributed by atoms with E-state index < -0.39 is 0 Å². The summed E-state index contributed by atoms with van der Waals surface area (Å²) in [6.07, 6.45) is 1.17. The van der Waals surface area contributed by atoms with Gasteiger partial charge in [-0.3, -0.25) is 4.79 Å². The minimum Gasteiger partial charge on any atom is -0.368 e. The quantitative estimate of drug-likeness (QED) is 0.615. The van der Waals surface area contributed by atoms with Crippen LogP contribution < -0.4 is 11.1 Å². The number of nitrogens with two attached hydrogens (primary N) is 1. The predicted octanol–water partition coefficient (Wildman–Crippen LogP) is 0.818. The zero-order valence-corrected chi connectivity index (χ0v) is 11.1. The smallest absolute Gasteiger partial charge is 0.235 e. The minimum atomic E-state index is -0.260. The fraction of sp³-hybridized carbons (Fsp3) is 0.917. The number of carbonyl (C=O) groups is 1. The molecule has 0 bridgehead atoms. The van der Waals surface area contributed by atoms with E-state index in [4.69, 9.17) is 5.73 Å². The molecule has 0 saturated heterocycles. The van der Waals surface area contributed by atoms with Crippen LogP contribution in [0.25, 0.3) is 0 Å². The van der Waals surface area contributed by atoms with Crippen LogP contribution in [0.4, 0.5) is 0 Å². The molecule has 0 heterocycles. The number of amides is 1. The van der Waals surface area contributed by atoms with Gasteiger partial charge in [-0.05, 0) is 19.0 Å². The first-order chi connectivity index (χ1) is 7.54.